The Balaban J connectivity index is 0.00000232. The Morgan fingerprint density at radius 1 is 1.57 bits per heavy atom. The van der Waals surface area contributed by atoms with Crippen molar-refractivity contribution in [3.8, 4) is 12.5 Å². The second kappa shape index (κ2) is 12.8. The minimum Gasteiger partial charge on any atom is -0.396 e. The van der Waals surface area contributed by atoms with Gasteiger partial charge < -0.3 is 15.0 Å². The summed E-state index contributed by atoms with van der Waals surface area (Å²) in [6.45, 7) is 8.77. The van der Waals surface area contributed by atoms with E-state index < -0.39 is 0 Å². The molecule has 1 rings (SSSR count). The van der Waals surface area contributed by atoms with Crippen LogP contribution in [0.1, 0.15) is 32.9 Å². The van der Waals surface area contributed by atoms with Gasteiger partial charge in [-0.05, 0) is 39.3 Å². The van der Waals surface area contributed by atoms with Gasteiger partial charge in [0, 0.05) is 25.4 Å². The van der Waals surface area contributed by atoms with E-state index in [2.05, 4.69) is 26.1 Å². The van der Waals surface area contributed by atoms with Crippen LogP contribution in [0.4, 0.5) is 5.82 Å². The highest BCUT2D eigenvalue weighted by Gasteiger charge is 2.07. The molecule has 0 fully saturated rings. The molecule has 0 aliphatic carbocycles. The quantitative estimate of drug-likeness (QED) is 0.525. The zero-order valence-corrected chi connectivity index (χ0v) is 15.4. The van der Waals surface area contributed by atoms with Crippen LogP contribution >= 0.6 is 11.9 Å². The summed E-state index contributed by atoms with van der Waals surface area (Å²) in [5.41, 5.74) is 1.48. The maximum absolute atomic E-state index is 8.95. The van der Waals surface area contributed by atoms with Crippen LogP contribution in [0.25, 0.3) is 0 Å². The molecule has 1 aromatic heterocycles. The fourth-order valence-corrected chi connectivity index (χ4v) is 2.29. The second-order valence-corrected chi connectivity index (χ2v) is 5.15. The SMILES string of the molecule is C#CN=c1c(N/C(=C/CCO)SNC)nc(C)cn1CC.CC. The molecule has 0 radical (unpaired) electrons. The Kier molecular flexibility index (Phi) is 11.8. The van der Waals surface area contributed by atoms with Crippen molar-refractivity contribution in [2.75, 3.05) is 19.0 Å². The Morgan fingerprint density at radius 3 is 2.78 bits per heavy atom. The van der Waals surface area contributed by atoms with Gasteiger partial charge in [0.15, 0.2) is 11.3 Å². The van der Waals surface area contributed by atoms with Crippen molar-refractivity contribution in [2.45, 2.75) is 40.7 Å². The lowest BCUT2D eigenvalue weighted by Gasteiger charge is -2.13. The number of aliphatic hydroxyl groups excluding tert-OH is 1. The van der Waals surface area contributed by atoms with E-state index in [-0.39, 0.29) is 6.61 Å². The van der Waals surface area contributed by atoms with Crippen LogP contribution in [0, 0.1) is 19.4 Å². The van der Waals surface area contributed by atoms with E-state index in [4.69, 9.17) is 11.5 Å². The first-order chi connectivity index (χ1) is 11.2. The molecule has 1 aromatic rings. The topological polar surface area (TPSA) is 74.5 Å². The van der Waals surface area contributed by atoms with E-state index in [0.717, 1.165) is 17.3 Å². The molecule has 0 amide bonds. The van der Waals surface area contributed by atoms with Crippen molar-refractivity contribution >= 4 is 17.8 Å². The lowest BCUT2D eigenvalue weighted by atomic mass is 10.4. The van der Waals surface area contributed by atoms with Gasteiger partial charge in [-0.25, -0.2) is 4.98 Å². The average Bonchev–Trinajstić information content (AvgIpc) is 2.56. The zero-order valence-electron chi connectivity index (χ0n) is 14.6. The number of aryl methyl sites for hydroxylation is 2. The molecule has 0 aliphatic rings. The predicted octanol–water partition coefficient (Wildman–Crippen LogP) is 2.23. The standard InChI is InChI=1S/C14H21N5OS.C2H6/c1-5-16-14-13(17-11(3)10-19(14)6-2)18-12(21-15-4)8-7-9-20;1-2/h1,8,10,15,20H,6-7,9H2,2-4H3,(H,17,18);1-2H3/b12-8-,16-14?;. The summed E-state index contributed by atoms with van der Waals surface area (Å²) >= 11 is 1.40. The minimum absolute atomic E-state index is 0.0905. The van der Waals surface area contributed by atoms with Crippen molar-refractivity contribution < 1.29 is 5.11 Å². The van der Waals surface area contributed by atoms with Crippen molar-refractivity contribution in [1.29, 1.82) is 0 Å². The average molecular weight is 337 g/mol. The fraction of sp³-hybridized carbons (Fsp3) is 0.500. The number of aromatic nitrogens is 2. The van der Waals surface area contributed by atoms with Gasteiger partial charge >= 0.3 is 0 Å². The number of hydrogen-bond donors (Lipinski definition) is 3. The molecule has 0 aliphatic heterocycles. The van der Waals surface area contributed by atoms with Crippen LogP contribution in [-0.2, 0) is 6.54 Å². The first-order valence-corrected chi connectivity index (χ1v) is 8.46. The Morgan fingerprint density at radius 2 is 2.26 bits per heavy atom. The maximum atomic E-state index is 8.95. The monoisotopic (exact) mass is 337 g/mol. The third-order valence-corrected chi connectivity index (χ3v) is 3.23. The third kappa shape index (κ3) is 7.37. The van der Waals surface area contributed by atoms with Gasteiger partial charge in [-0.15, -0.1) is 0 Å². The summed E-state index contributed by atoms with van der Waals surface area (Å²) in [4.78, 5) is 8.54. The molecule has 0 spiro atoms. The molecule has 0 atom stereocenters. The van der Waals surface area contributed by atoms with Gasteiger partial charge in [0.05, 0.1) is 10.7 Å². The normalized spacial score (nSPS) is 11.5. The van der Waals surface area contributed by atoms with Crippen LogP contribution in [-0.4, -0.2) is 28.3 Å². The lowest BCUT2D eigenvalue weighted by Crippen LogP contribution is -2.26. The number of nitrogens with zero attached hydrogens (tertiary/aromatic N) is 3. The number of hydrogen-bond acceptors (Lipinski definition) is 6. The fourth-order valence-electron chi connectivity index (χ4n) is 1.72. The summed E-state index contributed by atoms with van der Waals surface area (Å²) in [6.07, 6.45) is 9.66. The van der Waals surface area contributed by atoms with Crippen molar-refractivity contribution in [3.05, 3.63) is 28.5 Å². The number of aliphatic hydroxyl groups is 1. The summed E-state index contributed by atoms with van der Waals surface area (Å²) in [5, 5.41) is 13.0. The van der Waals surface area contributed by atoms with Gasteiger partial charge in [-0.1, -0.05) is 26.3 Å². The van der Waals surface area contributed by atoms with Crippen molar-refractivity contribution in [1.82, 2.24) is 14.3 Å². The van der Waals surface area contributed by atoms with Gasteiger partial charge in [-0.2, -0.15) is 4.99 Å². The van der Waals surface area contributed by atoms with Crippen LogP contribution in [0.15, 0.2) is 22.3 Å². The molecule has 3 N–H and O–H groups in total. The largest absolute Gasteiger partial charge is 0.396 e. The molecule has 1 heterocycles. The molecular formula is C16H27N5OS. The van der Waals surface area contributed by atoms with Gasteiger partial charge in [0.1, 0.15) is 0 Å². The van der Waals surface area contributed by atoms with E-state index in [1.807, 2.05) is 51.6 Å². The molecule has 0 saturated heterocycles. The Bertz CT molecular complexity index is 601. The Labute approximate surface area is 143 Å². The molecule has 23 heavy (non-hydrogen) atoms. The summed E-state index contributed by atoms with van der Waals surface area (Å²) in [7, 11) is 1.82. The van der Waals surface area contributed by atoms with Gasteiger partial charge in [0.2, 0.25) is 0 Å². The number of nitrogens with one attached hydrogen (secondary N) is 2. The smallest absolute Gasteiger partial charge is 0.186 e. The summed E-state index contributed by atoms with van der Waals surface area (Å²) < 4.78 is 4.93. The number of rotatable bonds is 7. The number of anilines is 1. The number of terminal acetylenes is 1. The van der Waals surface area contributed by atoms with E-state index in [1.54, 1.807) is 0 Å². The van der Waals surface area contributed by atoms with Crippen LogP contribution in [0.3, 0.4) is 0 Å². The van der Waals surface area contributed by atoms with Crippen LogP contribution in [0.5, 0.6) is 0 Å². The van der Waals surface area contributed by atoms with Gasteiger partial charge in [-0.3, -0.25) is 4.72 Å². The molecule has 7 heteroatoms. The van der Waals surface area contributed by atoms with E-state index in [1.165, 1.54) is 11.9 Å². The van der Waals surface area contributed by atoms with Crippen molar-refractivity contribution in [2.24, 2.45) is 4.99 Å². The highest BCUT2D eigenvalue weighted by Crippen LogP contribution is 2.13. The minimum atomic E-state index is 0.0905. The van der Waals surface area contributed by atoms with Crippen LogP contribution < -0.4 is 15.5 Å². The first-order valence-electron chi connectivity index (χ1n) is 7.65. The van der Waals surface area contributed by atoms with E-state index in [0.29, 0.717) is 17.7 Å². The zero-order chi connectivity index (χ0) is 17.7. The Hall–Kier alpha value is -1.75. The second-order valence-electron chi connectivity index (χ2n) is 4.09. The molecule has 0 saturated carbocycles. The first kappa shape index (κ1) is 21.2. The summed E-state index contributed by atoms with van der Waals surface area (Å²) in [6, 6.07) is 2.31. The highest BCUT2D eigenvalue weighted by molar-refractivity contribution is 8.01. The molecule has 0 aromatic carbocycles. The maximum Gasteiger partial charge on any atom is 0.186 e. The highest BCUT2D eigenvalue weighted by atomic mass is 32.2. The van der Waals surface area contributed by atoms with Crippen LogP contribution in [0.2, 0.25) is 0 Å². The lowest BCUT2D eigenvalue weighted by molar-refractivity contribution is 0.302. The van der Waals surface area contributed by atoms with Crippen molar-refractivity contribution in [3.63, 3.8) is 0 Å². The molecule has 0 bridgehead atoms. The predicted molar refractivity (Wildman–Crippen MR) is 98.4 cm³/mol. The molecule has 0 unspecified atom stereocenters. The molecule has 6 nitrogen and oxygen atoms in total. The third-order valence-electron chi connectivity index (χ3n) is 2.54. The van der Waals surface area contributed by atoms with Gasteiger partial charge in [0.25, 0.3) is 0 Å². The summed E-state index contributed by atoms with van der Waals surface area (Å²) in [5.74, 6) is 0.599. The van der Waals surface area contributed by atoms with E-state index >= 15 is 0 Å². The molecule has 128 valence electrons. The van der Waals surface area contributed by atoms with E-state index in [9.17, 15) is 0 Å². The molecular weight excluding hydrogens is 310 g/mol.